The van der Waals surface area contributed by atoms with E-state index in [0.29, 0.717) is 17.1 Å². The van der Waals surface area contributed by atoms with Gasteiger partial charge in [0.1, 0.15) is 11.6 Å². The normalized spacial score (nSPS) is 14.8. The number of aliphatic imine (C=N–C) groups is 1. The molecule has 0 unspecified atom stereocenters. The molecule has 0 saturated heterocycles. The lowest BCUT2D eigenvalue weighted by Crippen LogP contribution is -2.22. The number of nitrogens with one attached hydrogen (secondary N) is 3. The zero-order chi connectivity index (χ0) is 23.3. The maximum atomic E-state index is 13.4. The quantitative estimate of drug-likeness (QED) is 0.356. The Kier molecular flexibility index (Phi) is 6.67. The molecule has 3 N–H and O–H groups in total. The highest BCUT2D eigenvalue weighted by Crippen LogP contribution is 2.32. The van der Waals surface area contributed by atoms with Crippen molar-refractivity contribution in [2.45, 2.75) is 12.6 Å². The monoisotopic (exact) mass is 447 g/mol. The van der Waals surface area contributed by atoms with Gasteiger partial charge in [-0.05, 0) is 29.3 Å². The summed E-state index contributed by atoms with van der Waals surface area (Å²) in [7, 11) is 1.46. The van der Waals surface area contributed by atoms with Gasteiger partial charge in [-0.3, -0.25) is 4.79 Å². The summed E-state index contributed by atoms with van der Waals surface area (Å²) >= 11 is 0. The van der Waals surface area contributed by atoms with Crippen LogP contribution >= 0.6 is 0 Å². The number of amides is 1. The molecular formula is C21H17F4N5O2. The summed E-state index contributed by atoms with van der Waals surface area (Å²) in [6.45, 7) is 0. The van der Waals surface area contributed by atoms with Crippen LogP contribution in [-0.4, -0.2) is 30.4 Å². The average Bonchev–Trinajstić information content (AvgIpc) is 2.76. The molecule has 0 saturated carbocycles. The predicted octanol–water partition coefficient (Wildman–Crippen LogP) is 3.85. The van der Waals surface area contributed by atoms with E-state index in [-0.39, 0.29) is 23.4 Å². The molecule has 1 aliphatic rings. The first kappa shape index (κ1) is 22.7. The summed E-state index contributed by atoms with van der Waals surface area (Å²) in [5.74, 6) is -1.51. The maximum Gasteiger partial charge on any atom is 0.419 e. The average molecular weight is 447 g/mol. The fourth-order valence-electron chi connectivity index (χ4n) is 2.78. The Labute approximate surface area is 180 Å². The Morgan fingerprint density at radius 2 is 2.06 bits per heavy atom. The maximum absolute atomic E-state index is 13.4. The van der Waals surface area contributed by atoms with Crippen molar-refractivity contribution in [3.8, 4) is 5.88 Å². The number of hydrogen-bond donors (Lipinski definition) is 3. The van der Waals surface area contributed by atoms with Crippen LogP contribution in [0.3, 0.4) is 0 Å². The topological polar surface area (TPSA) is 99.5 Å². The minimum Gasteiger partial charge on any atom is -0.481 e. The van der Waals surface area contributed by atoms with Gasteiger partial charge in [0.05, 0.1) is 30.1 Å². The number of anilines is 1. The minimum absolute atomic E-state index is 0.0524. The van der Waals surface area contributed by atoms with Crippen LogP contribution in [0, 0.1) is 11.2 Å². The van der Waals surface area contributed by atoms with Crippen LogP contribution in [0.4, 0.5) is 23.2 Å². The molecule has 1 aliphatic heterocycles. The number of rotatable bonds is 6. The van der Waals surface area contributed by atoms with E-state index in [1.807, 2.05) is 0 Å². The number of carbonyl (C=O) groups is 1. The predicted molar refractivity (Wildman–Crippen MR) is 110 cm³/mol. The molecule has 0 atom stereocenters. The second kappa shape index (κ2) is 9.41. The van der Waals surface area contributed by atoms with E-state index in [4.69, 9.17) is 10.1 Å². The Morgan fingerprint density at radius 3 is 2.62 bits per heavy atom. The molecule has 0 spiro atoms. The van der Waals surface area contributed by atoms with Crippen LogP contribution < -0.4 is 15.4 Å². The Hall–Kier alpha value is -4.02. The van der Waals surface area contributed by atoms with Gasteiger partial charge in [-0.25, -0.2) is 14.4 Å². The number of ether oxygens (including phenoxy) is 1. The number of nitrogens with zero attached hydrogens (tertiary/aromatic N) is 2. The second-order valence-corrected chi connectivity index (χ2v) is 6.56. The van der Waals surface area contributed by atoms with Gasteiger partial charge in [0.2, 0.25) is 5.88 Å². The van der Waals surface area contributed by atoms with Gasteiger partial charge in [-0.2, -0.15) is 13.2 Å². The van der Waals surface area contributed by atoms with Gasteiger partial charge < -0.3 is 20.8 Å². The zero-order valence-electron chi connectivity index (χ0n) is 16.6. The van der Waals surface area contributed by atoms with E-state index >= 15 is 0 Å². The Balaban J connectivity index is 1.71. The van der Waals surface area contributed by atoms with Gasteiger partial charge in [-0.15, -0.1) is 0 Å². The van der Waals surface area contributed by atoms with Crippen LogP contribution in [0.2, 0.25) is 0 Å². The van der Waals surface area contributed by atoms with E-state index in [0.717, 1.165) is 18.3 Å². The van der Waals surface area contributed by atoms with Gasteiger partial charge in [0, 0.05) is 31.1 Å². The molecule has 32 heavy (non-hydrogen) atoms. The zero-order valence-corrected chi connectivity index (χ0v) is 16.6. The molecule has 2 aromatic rings. The van der Waals surface area contributed by atoms with Crippen molar-refractivity contribution in [3.05, 3.63) is 76.6 Å². The third kappa shape index (κ3) is 5.36. The molecule has 2 heterocycles. The molecule has 1 amide bonds. The van der Waals surface area contributed by atoms with Gasteiger partial charge >= 0.3 is 6.18 Å². The number of alkyl halides is 3. The highest BCUT2D eigenvalue weighted by atomic mass is 19.4. The van der Waals surface area contributed by atoms with Crippen molar-refractivity contribution in [1.29, 1.82) is 5.41 Å². The fraction of sp³-hybridized carbons (Fsp3) is 0.143. The molecule has 1 aromatic heterocycles. The van der Waals surface area contributed by atoms with Gasteiger partial charge in [0.15, 0.2) is 0 Å². The number of allylic oxidation sites excluding steroid dienone is 1. The smallest absolute Gasteiger partial charge is 0.419 e. The molecule has 11 heteroatoms. The lowest BCUT2D eigenvalue weighted by atomic mass is 10.0. The van der Waals surface area contributed by atoms with E-state index in [1.165, 1.54) is 31.8 Å². The third-order valence-electron chi connectivity index (χ3n) is 4.35. The standard InChI is InChI=1S/C21H17F4N5O2/c1-32-18-5-3-14(11-27-18)30-20(31)15(8-26)19-28-9-13(10-29-19)6-12-2-4-17(22)16(7-12)21(23,24)25/h2-5,7-11,26,28H,6H2,1H3,(H,30,31)/b19-15-,26-8?. The first-order valence-corrected chi connectivity index (χ1v) is 9.12. The summed E-state index contributed by atoms with van der Waals surface area (Å²) in [6.07, 6.45) is 0.265. The number of benzene rings is 1. The molecule has 0 aliphatic carbocycles. The van der Waals surface area contributed by atoms with Crippen molar-refractivity contribution >= 4 is 24.0 Å². The molecule has 0 fully saturated rings. The number of hydrogen-bond acceptors (Lipinski definition) is 6. The van der Waals surface area contributed by atoms with Crippen LogP contribution in [0.5, 0.6) is 5.88 Å². The molecule has 166 valence electrons. The first-order chi connectivity index (χ1) is 15.2. The van der Waals surface area contributed by atoms with E-state index < -0.39 is 23.5 Å². The lowest BCUT2D eigenvalue weighted by molar-refractivity contribution is -0.140. The molecule has 0 radical (unpaired) electrons. The first-order valence-electron chi connectivity index (χ1n) is 9.12. The molecule has 1 aromatic carbocycles. The number of aromatic nitrogens is 1. The summed E-state index contributed by atoms with van der Waals surface area (Å²) in [5, 5.41) is 12.9. The van der Waals surface area contributed by atoms with Crippen molar-refractivity contribution in [3.63, 3.8) is 0 Å². The number of methoxy groups -OCH3 is 1. The number of pyridine rings is 1. The molecule has 3 rings (SSSR count). The van der Waals surface area contributed by atoms with Crippen LogP contribution in [0.15, 0.2) is 64.7 Å². The minimum atomic E-state index is -4.80. The van der Waals surface area contributed by atoms with Crippen molar-refractivity contribution < 1.29 is 27.1 Å². The van der Waals surface area contributed by atoms with Crippen LogP contribution in [0.1, 0.15) is 11.1 Å². The summed E-state index contributed by atoms with van der Waals surface area (Å²) < 4.78 is 57.0. The van der Waals surface area contributed by atoms with Gasteiger partial charge in [0.25, 0.3) is 5.91 Å². The summed E-state index contributed by atoms with van der Waals surface area (Å²) in [4.78, 5) is 20.5. The fourth-order valence-corrected chi connectivity index (χ4v) is 2.78. The van der Waals surface area contributed by atoms with E-state index in [9.17, 15) is 22.4 Å². The molecule has 0 bridgehead atoms. The van der Waals surface area contributed by atoms with Crippen molar-refractivity contribution in [1.82, 2.24) is 10.3 Å². The van der Waals surface area contributed by atoms with Crippen molar-refractivity contribution in [2.24, 2.45) is 4.99 Å². The molecular weight excluding hydrogens is 430 g/mol. The summed E-state index contributed by atoms with van der Waals surface area (Å²) in [5.41, 5.74) is -0.301. The van der Waals surface area contributed by atoms with Gasteiger partial charge in [-0.1, -0.05) is 6.07 Å². The van der Waals surface area contributed by atoms with E-state index in [2.05, 4.69) is 20.6 Å². The SMILES string of the molecule is COc1ccc(NC(=O)/C(C=N)=C2\N=CC(Cc3ccc(F)c(C(F)(F)F)c3)=CN2)cn1. The Bertz CT molecular complexity index is 1120. The highest BCUT2D eigenvalue weighted by Gasteiger charge is 2.34. The second-order valence-electron chi connectivity index (χ2n) is 6.56. The number of carbonyl (C=O) groups excluding carboxylic acids is 1. The van der Waals surface area contributed by atoms with E-state index in [1.54, 1.807) is 12.1 Å². The summed E-state index contributed by atoms with van der Waals surface area (Å²) in [6, 6.07) is 5.89. The van der Waals surface area contributed by atoms with Crippen LogP contribution in [0.25, 0.3) is 0 Å². The lowest BCUT2D eigenvalue weighted by Gasteiger charge is -2.15. The van der Waals surface area contributed by atoms with Crippen LogP contribution in [-0.2, 0) is 17.4 Å². The third-order valence-corrected chi connectivity index (χ3v) is 4.35. The highest BCUT2D eigenvalue weighted by molar-refractivity contribution is 6.17. The Morgan fingerprint density at radius 1 is 1.28 bits per heavy atom. The molecule has 7 nitrogen and oxygen atoms in total. The van der Waals surface area contributed by atoms with Crippen molar-refractivity contribution in [2.75, 3.05) is 12.4 Å². The number of halogens is 4. The largest absolute Gasteiger partial charge is 0.481 e.